The molecular weight excluding hydrogens is 725 g/mol. The summed E-state index contributed by atoms with van der Waals surface area (Å²) in [7, 11) is 0. The molecule has 0 spiro atoms. The van der Waals surface area contributed by atoms with Gasteiger partial charge in [-0.25, -0.2) is 0 Å². The maximum absolute atomic E-state index is 12.7. The Morgan fingerprint density at radius 2 is 1.04 bits per heavy atom. The number of allylic oxidation sites excluding steroid dienone is 15. The first kappa shape index (κ1) is 51.6. The molecule has 1 rings (SSSR count). The van der Waals surface area contributed by atoms with Gasteiger partial charge in [-0.15, -0.1) is 0 Å². The summed E-state index contributed by atoms with van der Waals surface area (Å²) in [6, 6.07) is 0. The van der Waals surface area contributed by atoms with Crippen molar-refractivity contribution >= 4 is 11.9 Å². The highest BCUT2D eigenvalue weighted by Crippen LogP contribution is 2.22. The van der Waals surface area contributed by atoms with Crippen molar-refractivity contribution in [3.63, 3.8) is 0 Å². The number of aliphatic hydroxyl groups excluding tert-OH is 4. The SMILES string of the molecule is CC/C=C\C/C=C\C/C=C\C/C=C\C/C=C\CC(=O)OC(COC(=O)CCCCCCCCC/C=C\C/C=C\C/C=C\CC)COC1OC(CO)C(O)C(O)C1O. The van der Waals surface area contributed by atoms with Crippen LogP contribution in [-0.4, -0.2) is 89.0 Å². The van der Waals surface area contributed by atoms with Crippen molar-refractivity contribution in [2.24, 2.45) is 0 Å². The molecule has 4 N–H and O–H groups in total. The summed E-state index contributed by atoms with van der Waals surface area (Å²) in [6.07, 6.45) is 41.5. The second-order valence-corrected chi connectivity index (χ2v) is 14.0. The second kappa shape index (κ2) is 36.9. The summed E-state index contributed by atoms with van der Waals surface area (Å²) in [5.74, 6) is -0.977. The van der Waals surface area contributed by atoms with E-state index in [1.807, 2.05) is 12.2 Å². The third-order valence-electron chi connectivity index (χ3n) is 9.00. The van der Waals surface area contributed by atoms with E-state index in [9.17, 15) is 30.0 Å². The molecule has 0 radical (unpaired) electrons. The maximum Gasteiger partial charge on any atom is 0.310 e. The number of aliphatic hydroxyl groups is 4. The molecule has 10 heteroatoms. The van der Waals surface area contributed by atoms with Crippen molar-refractivity contribution in [2.75, 3.05) is 19.8 Å². The quantitative estimate of drug-likeness (QED) is 0.0288. The Balaban J connectivity index is 2.42. The number of rotatable bonds is 33. The first-order valence-electron chi connectivity index (χ1n) is 21.3. The Hall–Kier alpha value is -3.38. The lowest BCUT2D eigenvalue weighted by molar-refractivity contribution is -0.305. The van der Waals surface area contributed by atoms with Gasteiger partial charge in [0.05, 0.1) is 19.6 Å². The Bertz CT molecular complexity index is 1240. The van der Waals surface area contributed by atoms with Crippen LogP contribution in [0.2, 0.25) is 0 Å². The van der Waals surface area contributed by atoms with Gasteiger partial charge >= 0.3 is 11.9 Å². The van der Waals surface area contributed by atoms with Crippen molar-refractivity contribution in [1.29, 1.82) is 0 Å². The van der Waals surface area contributed by atoms with E-state index in [-0.39, 0.29) is 26.1 Å². The van der Waals surface area contributed by atoms with Crippen LogP contribution in [0.4, 0.5) is 0 Å². The van der Waals surface area contributed by atoms with Crippen molar-refractivity contribution in [3.05, 3.63) is 97.2 Å². The minimum absolute atomic E-state index is 0.0102. The van der Waals surface area contributed by atoms with Gasteiger partial charge in [-0.05, 0) is 70.6 Å². The molecule has 0 aromatic rings. The van der Waals surface area contributed by atoms with E-state index in [2.05, 4.69) is 92.8 Å². The van der Waals surface area contributed by atoms with Gasteiger partial charge in [0.25, 0.3) is 0 Å². The lowest BCUT2D eigenvalue weighted by Gasteiger charge is -2.39. The predicted octanol–water partition coefficient (Wildman–Crippen LogP) is 8.77. The van der Waals surface area contributed by atoms with E-state index in [4.69, 9.17) is 18.9 Å². The molecule has 322 valence electrons. The van der Waals surface area contributed by atoms with Crippen LogP contribution in [0, 0.1) is 0 Å². The average Bonchev–Trinajstić information content (AvgIpc) is 3.21. The summed E-state index contributed by atoms with van der Waals surface area (Å²) in [5.41, 5.74) is 0. The van der Waals surface area contributed by atoms with E-state index in [1.54, 1.807) is 6.08 Å². The Kier molecular flexibility index (Phi) is 33.5. The second-order valence-electron chi connectivity index (χ2n) is 14.0. The first-order chi connectivity index (χ1) is 27.8. The Labute approximate surface area is 343 Å². The zero-order valence-corrected chi connectivity index (χ0v) is 34.8. The summed E-state index contributed by atoms with van der Waals surface area (Å²) >= 11 is 0. The molecule has 1 heterocycles. The topological polar surface area (TPSA) is 152 Å². The van der Waals surface area contributed by atoms with Crippen LogP contribution < -0.4 is 0 Å². The molecule has 1 aliphatic rings. The van der Waals surface area contributed by atoms with Crippen molar-refractivity contribution in [1.82, 2.24) is 0 Å². The number of unbranched alkanes of at least 4 members (excludes halogenated alkanes) is 7. The number of carbonyl (C=O) groups excluding carboxylic acids is 2. The predicted molar refractivity (Wildman–Crippen MR) is 228 cm³/mol. The fraction of sp³-hybridized carbons (Fsp3) is 0.617. The summed E-state index contributed by atoms with van der Waals surface area (Å²) in [6.45, 7) is 3.06. The standard InChI is InChI=1S/C47H74O10/c1-3-5-7-9-11-13-15-17-19-20-22-23-25-27-29-31-33-35-42(49)54-38-40(39-55-47-46(53)45(52)44(51)41(37-48)57-47)56-43(50)36-34-32-30-28-26-24-21-18-16-14-12-10-8-6-4-2/h5-8,11-14,17-19,21,26,28,32,34,40-41,44-48,51-53H,3-4,9-10,15-16,20,22-25,27,29-31,33,35-39H2,1-2H3/b7-5-,8-6-,13-11-,14-12-,19-17-,21-18-,28-26-,34-32-. The molecule has 1 fully saturated rings. The monoisotopic (exact) mass is 799 g/mol. The van der Waals surface area contributed by atoms with Gasteiger partial charge in [-0.3, -0.25) is 9.59 Å². The number of hydrogen-bond donors (Lipinski definition) is 4. The molecule has 0 aromatic heterocycles. The van der Waals surface area contributed by atoms with Gasteiger partial charge in [0, 0.05) is 6.42 Å². The average molecular weight is 799 g/mol. The molecule has 6 unspecified atom stereocenters. The van der Waals surface area contributed by atoms with Crippen molar-refractivity contribution < 1.29 is 49.0 Å². The van der Waals surface area contributed by atoms with Gasteiger partial charge < -0.3 is 39.4 Å². The molecule has 0 aliphatic carbocycles. The molecular formula is C47H74O10. The smallest absolute Gasteiger partial charge is 0.310 e. The lowest BCUT2D eigenvalue weighted by atomic mass is 9.99. The van der Waals surface area contributed by atoms with E-state index >= 15 is 0 Å². The van der Waals surface area contributed by atoms with Gasteiger partial charge in [0.1, 0.15) is 31.0 Å². The van der Waals surface area contributed by atoms with Crippen LogP contribution in [0.3, 0.4) is 0 Å². The van der Waals surface area contributed by atoms with Crippen LogP contribution in [0.1, 0.15) is 129 Å². The third kappa shape index (κ3) is 28.6. The van der Waals surface area contributed by atoms with Crippen LogP contribution >= 0.6 is 0 Å². The van der Waals surface area contributed by atoms with Gasteiger partial charge in [-0.2, -0.15) is 0 Å². The molecule has 0 saturated carbocycles. The number of esters is 2. The minimum Gasteiger partial charge on any atom is -0.462 e. The molecule has 0 bridgehead atoms. The van der Waals surface area contributed by atoms with E-state index in [0.29, 0.717) is 12.8 Å². The molecule has 6 atom stereocenters. The maximum atomic E-state index is 12.7. The Morgan fingerprint density at radius 3 is 1.56 bits per heavy atom. The van der Waals surface area contributed by atoms with Gasteiger partial charge in [0.2, 0.25) is 0 Å². The lowest BCUT2D eigenvalue weighted by Crippen LogP contribution is -2.59. The summed E-state index contributed by atoms with van der Waals surface area (Å²) < 4.78 is 22.0. The highest BCUT2D eigenvalue weighted by molar-refractivity contribution is 5.71. The zero-order valence-electron chi connectivity index (χ0n) is 34.8. The number of carbonyl (C=O) groups is 2. The van der Waals surface area contributed by atoms with Crippen LogP contribution in [0.25, 0.3) is 0 Å². The molecule has 10 nitrogen and oxygen atoms in total. The molecule has 0 amide bonds. The largest absolute Gasteiger partial charge is 0.462 e. The van der Waals surface area contributed by atoms with Crippen LogP contribution in [0.15, 0.2) is 97.2 Å². The first-order valence-corrected chi connectivity index (χ1v) is 21.3. The fourth-order valence-corrected chi connectivity index (χ4v) is 5.69. The molecule has 57 heavy (non-hydrogen) atoms. The highest BCUT2D eigenvalue weighted by Gasteiger charge is 2.44. The van der Waals surface area contributed by atoms with Gasteiger partial charge in [0.15, 0.2) is 12.4 Å². The summed E-state index contributed by atoms with van der Waals surface area (Å²) in [4.78, 5) is 25.2. The van der Waals surface area contributed by atoms with Crippen molar-refractivity contribution in [3.8, 4) is 0 Å². The summed E-state index contributed by atoms with van der Waals surface area (Å²) in [5, 5.41) is 40.0. The normalized spacial score (nSPS) is 21.3. The van der Waals surface area contributed by atoms with E-state index < -0.39 is 55.4 Å². The molecule has 1 aliphatic heterocycles. The van der Waals surface area contributed by atoms with Crippen LogP contribution in [-0.2, 0) is 28.5 Å². The Morgan fingerprint density at radius 1 is 0.561 bits per heavy atom. The number of hydrogen-bond acceptors (Lipinski definition) is 10. The molecule has 1 saturated heterocycles. The van der Waals surface area contributed by atoms with Crippen molar-refractivity contribution in [2.45, 2.75) is 166 Å². The zero-order chi connectivity index (χ0) is 41.6. The van der Waals surface area contributed by atoms with E-state index in [1.165, 1.54) is 19.3 Å². The van der Waals surface area contributed by atoms with Gasteiger partial charge in [-0.1, -0.05) is 143 Å². The highest BCUT2D eigenvalue weighted by atomic mass is 16.7. The molecule has 0 aromatic carbocycles. The number of ether oxygens (including phenoxy) is 4. The van der Waals surface area contributed by atoms with E-state index in [0.717, 1.165) is 70.6 Å². The fourth-order valence-electron chi connectivity index (χ4n) is 5.69. The third-order valence-corrected chi connectivity index (χ3v) is 9.00. The minimum atomic E-state index is -1.62. The van der Waals surface area contributed by atoms with Crippen LogP contribution in [0.5, 0.6) is 0 Å².